The summed E-state index contributed by atoms with van der Waals surface area (Å²) in [5.74, 6) is -0.817. The lowest BCUT2D eigenvalue weighted by molar-refractivity contribution is -0.870. The number of likely N-dealkylation sites (N-methyl/N-ethyl adjacent to an activating group) is 1. The molecule has 0 fully saturated rings. The first-order valence-corrected chi connectivity index (χ1v) is 42.1. The molecule has 0 bridgehead atoms. The molecule has 9 nitrogen and oxygen atoms in total. The second kappa shape index (κ2) is 75.9. The van der Waals surface area contributed by atoms with Crippen LogP contribution in [0, 0.1) is 0 Å². The minimum absolute atomic E-state index is 0.0312. The molecular weight excluding hydrogens is 1210 g/mol. The number of phosphoric ester groups is 1. The van der Waals surface area contributed by atoms with Crippen molar-refractivity contribution in [2.24, 2.45) is 0 Å². The zero-order valence-electron chi connectivity index (χ0n) is 63.6. The molecule has 0 aliphatic carbocycles. The Morgan fingerprint density at radius 1 is 0.323 bits per heavy atom. The van der Waals surface area contributed by atoms with E-state index in [1.807, 2.05) is 21.1 Å². The van der Waals surface area contributed by atoms with Crippen LogP contribution >= 0.6 is 7.82 Å². The average molecular weight is 1360 g/mol. The fourth-order valence-electron chi connectivity index (χ4n) is 11.7. The van der Waals surface area contributed by atoms with Crippen LogP contribution in [0.25, 0.3) is 0 Å². The van der Waals surface area contributed by atoms with Gasteiger partial charge in [-0.05, 0) is 96.3 Å². The molecule has 0 radical (unpaired) electrons. The van der Waals surface area contributed by atoms with E-state index in [0.717, 1.165) is 96.3 Å². The molecule has 0 saturated carbocycles. The van der Waals surface area contributed by atoms with E-state index in [9.17, 15) is 19.0 Å². The number of hydrogen-bond acceptors (Lipinski definition) is 8. The summed E-state index contributed by atoms with van der Waals surface area (Å²) in [6.45, 7) is 4.06. The molecule has 0 aliphatic heterocycles. The number of ether oxygens (including phenoxy) is 2. The summed E-state index contributed by atoms with van der Waals surface area (Å²) in [5, 5.41) is 0. The van der Waals surface area contributed by atoms with Crippen molar-refractivity contribution >= 4 is 19.8 Å². The highest BCUT2D eigenvalue weighted by Crippen LogP contribution is 2.38. The maximum atomic E-state index is 12.9. The number of carbonyl (C=O) groups is 2. The SMILES string of the molecule is CC/C=C\C/C=C\C/C=C\C/C=C\C/C=C\CCCCCCCCCCCCCCCCCCCC(=O)OC(COC(=O)CCCCCCCCCCCCCCCCCCCCCCCCCCCC/C=C\C/C=C\C/C=C\C/C=C\CC)COP(=O)([O-])OCC[N+](C)(C)C. The fourth-order valence-corrected chi connectivity index (χ4v) is 12.4. The summed E-state index contributed by atoms with van der Waals surface area (Å²) < 4.78 is 34.4. The molecule has 0 spiro atoms. The first kappa shape index (κ1) is 92.7. The molecule has 0 N–H and O–H groups in total. The van der Waals surface area contributed by atoms with E-state index in [0.29, 0.717) is 17.4 Å². The average Bonchev–Trinajstić information content (AvgIpc) is 1.48. The van der Waals surface area contributed by atoms with Crippen molar-refractivity contribution < 1.29 is 42.1 Å². The van der Waals surface area contributed by atoms with Gasteiger partial charge in [0.15, 0.2) is 6.10 Å². The van der Waals surface area contributed by atoms with E-state index in [-0.39, 0.29) is 32.0 Å². The van der Waals surface area contributed by atoms with E-state index in [2.05, 4.69) is 123 Å². The molecule has 556 valence electrons. The molecule has 96 heavy (non-hydrogen) atoms. The molecule has 2 atom stereocenters. The predicted molar refractivity (Wildman–Crippen MR) is 415 cm³/mol. The van der Waals surface area contributed by atoms with Gasteiger partial charge in [0.05, 0.1) is 27.7 Å². The number of unbranched alkanes of at least 4 members (excludes halogenated alkanes) is 43. The maximum Gasteiger partial charge on any atom is 0.306 e. The zero-order chi connectivity index (χ0) is 69.7. The Bertz CT molecular complexity index is 1990. The lowest BCUT2D eigenvalue weighted by Gasteiger charge is -2.28. The van der Waals surface area contributed by atoms with Gasteiger partial charge in [-0.15, -0.1) is 0 Å². The van der Waals surface area contributed by atoms with Gasteiger partial charge in [-0.25, -0.2) is 0 Å². The molecular formula is C86H154NO8P. The Balaban J connectivity index is 3.91. The Morgan fingerprint density at radius 3 is 0.833 bits per heavy atom. The number of phosphoric acid groups is 1. The van der Waals surface area contributed by atoms with Crippen molar-refractivity contribution in [3.05, 3.63) is 109 Å². The summed E-state index contributed by atoms with van der Waals surface area (Å²) in [6.07, 6.45) is 108. The molecule has 0 aliphatic rings. The third kappa shape index (κ3) is 79.7. The van der Waals surface area contributed by atoms with E-state index >= 15 is 0 Å². The highest BCUT2D eigenvalue weighted by atomic mass is 31.2. The normalized spacial score (nSPS) is 13.6. The number of esters is 2. The quantitative estimate of drug-likeness (QED) is 0.0195. The van der Waals surface area contributed by atoms with Crippen LogP contribution in [-0.2, 0) is 32.7 Å². The third-order valence-electron chi connectivity index (χ3n) is 17.8. The highest BCUT2D eigenvalue weighted by molar-refractivity contribution is 7.45. The Morgan fingerprint density at radius 2 is 0.562 bits per heavy atom. The summed E-state index contributed by atoms with van der Waals surface area (Å²) >= 11 is 0. The van der Waals surface area contributed by atoms with Gasteiger partial charge in [0, 0.05) is 12.8 Å². The van der Waals surface area contributed by atoms with Crippen LogP contribution in [0.15, 0.2) is 109 Å². The second-order valence-electron chi connectivity index (χ2n) is 28.4. The van der Waals surface area contributed by atoms with E-state index in [4.69, 9.17) is 18.5 Å². The second-order valence-corrected chi connectivity index (χ2v) is 29.8. The van der Waals surface area contributed by atoms with Crippen LogP contribution in [0.4, 0.5) is 0 Å². The van der Waals surface area contributed by atoms with E-state index < -0.39 is 26.5 Å². The molecule has 0 aromatic heterocycles. The van der Waals surface area contributed by atoms with Gasteiger partial charge < -0.3 is 27.9 Å². The summed E-state index contributed by atoms with van der Waals surface area (Å²) in [6, 6.07) is 0. The molecule has 0 amide bonds. The van der Waals surface area contributed by atoms with E-state index in [1.165, 1.54) is 244 Å². The number of allylic oxidation sites excluding steroid dienone is 18. The van der Waals surface area contributed by atoms with E-state index in [1.54, 1.807) is 0 Å². The van der Waals surface area contributed by atoms with Crippen LogP contribution in [0.3, 0.4) is 0 Å². The summed E-state index contributed by atoms with van der Waals surface area (Å²) in [7, 11) is 1.18. The Kier molecular flexibility index (Phi) is 73.2. The first-order chi connectivity index (χ1) is 47.0. The molecule has 2 unspecified atom stereocenters. The maximum absolute atomic E-state index is 12.9. The van der Waals surface area contributed by atoms with Gasteiger partial charge in [0.2, 0.25) is 0 Å². The van der Waals surface area contributed by atoms with Gasteiger partial charge >= 0.3 is 11.9 Å². The monoisotopic (exact) mass is 1360 g/mol. The molecule has 0 saturated heterocycles. The van der Waals surface area contributed by atoms with Crippen LogP contribution in [-0.4, -0.2) is 70.0 Å². The van der Waals surface area contributed by atoms with Gasteiger partial charge in [0.1, 0.15) is 19.8 Å². The van der Waals surface area contributed by atoms with Crippen LogP contribution < -0.4 is 4.89 Å². The van der Waals surface area contributed by atoms with Crippen LogP contribution in [0.5, 0.6) is 0 Å². The van der Waals surface area contributed by atoms with Crippen LogP contribution in [0.2, 0.25) is 0 Å². The van der Waals surface area contributed by atoms with Gasteiger partial charge in [-0.1, -0.05) is 374 Å². The third-order valence-corrected chi connectivity index (χ3v) is 18.8. The van der Waals surface area contributed by atoms with Crippen molar-refractivity contribution in [2.45, 2.75) is 380 Å². The van der Waals surface area contributed by atoms with Gasteiger partial charge in [-0.2, -0.15) is 0 Å². The summed E-state index contributed by atoms with van der Waals surface area (Å²) in [5.41, 5.74) is 0. The van der Waals surface area contributed by atoms with Crippen molar-refractivity contribution in [2.75, 3.05) is 47.5 Å². The molecule has 10 heteroatoms. The smallest absolute Gasteiger partial charge is 0.306 e. The minimum Gasteiger partial charge on any atom is -0.756 e. The summed E-state index contributed by atoms with van der Waals surface area (Å²) in [4.78, 5) is 38.2. The van der Waals surface area contributed by atoms with Crippen molar-refractivity contribution in [1.29, 1.82) is 0 Å². The minimum atomic E-state index is -4.65. The Hall–Kier alpha value is -3.33. The van der Waals surface area contributed by atoms with Crippen LogP contribution in [0.1, 0.15) is 373 Å². The zero-order valence-corrected chi connectivity index (χ0v) is 64.5. The Labute approximate surface area is 595 Å². The lowest BCUT2D eigenvalue weighted by Crippen LogP contribution is -2.37. The molecule has 0 heterocycles. The van der Waals surface area contributed by atoms with Crippen molar-refractivity contribution in [1.82, 2.24) is 0 Å². The van der Waals surface area contributed by atoms with Crippen molar-refractivity contribution in [3.8, 4) is 0 Å². The number of rotatable bonds is 75. The number of nitrogens with zero attached hydrogens (tertiary/aromatic N) is 1. The van der Waals surface area contributed by atoms with Gasteiger partial charge in [0.25, 0.3) is 7.82 Å². The fraction of sp³-hybridized carbons (Fsp3) is 0.767. The number of carbonyl (C=O) groups excluding carboxylic acids is 2. The first-order valence-electron chi connectivity index (χ1n) is 40.6. The number of hydrogen-bond donors (Lipinski definition) is 0. The highest BCUT2D eigenvalue weighted by Gasteiger charge is 2.22. The predicted octanol–water partition coefficient (Wildman–Crippen LogP) is 26.5. The van der Waals surface area contributed by atoms with Gasteiger partial charge in [-0.3, -0.25) is 14.2 Å². The topological polar surface area (TPSA) is 111 Å². The largest absolute Gasteiger partial charge is 0.756 e. The van der Waals surface area contributed by atoms with Crippen molar-refractivity contribution in [3.63, 3.8) is 0 Å². The standard InChI is InChI=1S/C86H154NO8P/c1-6-8-10-12-14-16-18-20-22-24-26-28-30-32-34-36-38-40-41-42-43-44-45-47-48-50-52-54-56-58-60-62-64-66-68-70-72-74-76-78-85(88)92-82-84(83-94-96(90,91)93-81-80-87(3,4)5)95-86(89)79-77-75-73-71-69-67-65-63-61-59-57-55-53-51-49-46-39-37-35-33-31-29-27-25-23-21-19-17-15-13-11-9-7-2/h8-11,14-17,20-23,26-29,33,35,84H,6-7,12-13,18-19,24-25,30-32,34,36-83H2,1-5H3/b10-8-,11-9-,16-14-,17-15-,22-20-,23-21-,28-26-,29-27-,35-33-. The lowest BCUT2D eigenvalue weighted by atomic mass is 10.0. The number of quaternary nitrogens is 1. The molecule has 0 aromatic carbocycles. The molecule has 0 rings (SSSR count). The molecule has 0 aromatic rings.